The Hall–Kier alpha value is -1.20. The van der Waals surface area contributed by atoms with Gasteiger partial charge in [-0.15, -0.1) is 11.6 Å². The van der Waals surface area contributed by atoms with Gasteiger partial charge in [-0.3, -0.25) is 14.4 Å². The number of allylic oxidation sites excluding steroid dienone is 1. The van der Waals surface area contributed by atoms with Crippen LogP contribution in [0.4, 0.5) is 0 Å². The lowest BCUT2D eigenvalue weighted by Gasteiger charge is -2.17. The fourth-order valence-electron chi connectivity index (χ4n) is 3.28. The van der Waals surface area contributed by atoms with Crippen molar-refractivity contribution in [3.63, 3.8) is 0 Å². The van der Waals surface area contributed by atoms with Crippen LogP contribution in [0.25, 0.3) is 0 Å². The molecule has 0 saturated heterocycles. The zero-order valence-corrected chi connectivity index (χ0v) is 15.4. The Morgan fingerprint density at radius 2 is 1.76 bits per heavy atom. The van der Waals surface area contributed by atoms with E-state index in [1.807, 2.05) is 0 Å². The minimum absolute atomic E-state index is 0.00378. The van der Waals surface area contributed by atoms with E-state index in [0.29, 0.717) is 25.1 Å². The number of carbonyl (C=O) groups excluding carboxylic acids is 2. The van der Waals surface area contributed by atoms with E-state index < -0.39 is 12.1 Å². The number of rotatable bonds is 13. The number of carboxylic acids is 1. The number of hydrogen-bond acceptors (Lipinski definition) is 4. The van der Waals surface area contributed by atoms with Crippen LogP contribution < -0.4 is 0 Å². The minimum Gasteiger partial charge on any atom is -0.481 e. The van der Waals surface area contributed by atoms with Crippen LogP contribution in [0.15, 0.2) is 12.2 Å². The largest absolute Gasteiger partial charge is 0.481 e. The Bertz CT molecular complexity index is 474. The molecule has 0 bridgehead atoms. The zero-order valence-electron chi connectivity index (χ0n) is 14.7. The van der Waals surface area contributed by atoms with Gasteiger partial charge in [-0.1, -0.05) is 25.3 Å². The molecule has 0 aromatic rings. The van der Waals surface area contributed by atoms with Crippen molar-refractivity contribution in [3.05, 3.63) is 12.2 Å². The lowest BCUT2D eigenvalue weighted by molar-refractivity contribution is -0.137. The third-order valence-electron chi connectivity index (χ3n) is 4.70. The molecule has 3 atom stereocenters. The highest BCUT2D eigenvalue weighted by Gasteiger charge is 2.39. The molecule has 0 spiro atoms. The van der Waals surface area contributed by atoms with Crippen molar-refractivity contribution >= 4 is 29.1 Å². The molecule has 0 unspecified atom stereocenters. The van der Waals surface area contributed by atoms with Gasteiger partial charge in [0.1, 0.15) is 5.78 Å². The standard InChI is InChI=1S/C19H29ClO5/c20-12-6-5-7-14(21)10-11-16-15(17(22)13-18(16)23)8-3-1-2-4-9-19(24)25/h10-11,15-16,18,23H,1-9,12-13H2,(H,24,25)/t15-,16-,18+/m1/s1. The normalized spacial score (nSPS) is 23.4. The van der Waals surface area contributed by atoms with E-state index in [1.165, 1.54) is 6.08 Å². The topological polar surface area (TPSA) is 91.7 Å². The summed E-state index contributed by atoms with van der Waals surface area (Å²) < 4.78 is 0. The SMILES string of the molecule is O=C(O)CCCCCC[C@H]1C(=O)C[C@H](O)[C@@H]1C=CC(=O)CCCCCl. The number of aliphatic hydroxyl groups is 1. The van der Waals surface area contributed by atoms with E-state index in [9.17, 15) is 19.5 Å². The van der Waals surface area contributed by atoms with Crippen molar-refractivity contribution in [2.24, 2.45) is 11.8 Å². The molecule has 0 aromatic carbocycles. The van der Waals surface area contributed by atoms with Crippen molar-refractivity contribution in [1.82, 2.24) is 0 Å². The molecule has 1 fully saturated rings. The van der Waals surface area contributed by atoms with Gasteiger partial charge in [0, 0.05) is 37.0 Å². The molecule has 1 aliphatic carbocycles. The number of carbonyl (C=O) groups is 3. The molecule has 1 aliphatic rings. The maximum Gasteiger partial charge on any atom is 0.303 e. The first-order valence-corrected chi connectivity index (χ1v) is 9.68. The molecule has 0 aliphatic heterocycles. The van der Waals surface area contributed by atoms with Crippen LogP contribution in [0.1, 0.15) is 64.2 Å². The highest BCUT2D eigenvalue weighted by molar-refractivity contribution is 6.17. The second-order valence-electron chi connectivity index (χ2n) is 6.74. The Morgan fingerprint density at radius 1 is 1.08 bits per heavy atom. The van der Waals surface area contributed by atoms with Gasteiger partial charge in [0.15, 0.2) is 5.78 Å². The number of alkyl halides is 1. The van der Waals surface area contributed by atoms with Crippen LogP contribution in [-0.4, -0.2) is 39.7 Å². The van der Waals surface area contributed by atoms with E-state index in [1.54, 1.807) is 6.08 Å². The van der Waals surface area contributed by atoms with Crippen LogP contribution in [-0.2, 0) is 14.4 Å². The van der Waals surface area contributed by atoms with E-state index in [2.05, 4.69) is 0 Å². The monoisotopic (exact) mass is 372 g/mol. The van der Waals surface area contributed by atoms with Gasteiger partial charge < -0.3 is 10.2 Å². The number of ketones is 2. The summed E-state index contributed by atoms with van der Waals surface area (Å²) >= 11 is 5.59. The van der Waals surface area contributed by atoms with Crippen molar-refractivity contribution in [1.29, 1.82) is 0 Å². The Kier molecular flexibility index (Phi) is 10.7. The number of aliphatic hydroxyl groups excluding tert-OH is 1. The van der Waals surface area contributed by atoms with Crippen LogP contribution in [0.5, 0.6) is 0 Å². The Balaban J connectivity index is 2.40. The van der Waals surface area contributed by atoms with E-state index >= 15 is 0 Å². The highest BCUT2D eigenvalue weighted by Crippen LogP contribution is 2.34. The van der Waals surface area contributed by atoms with Gasteiger partial charge in [-0.05, 0) is 31.8 Å². The lowest BCUT2D eigenvalue weighted by Crippen LogP contribution is -2.19. The highest BCUT2D eigenvalue weighted by atomic mass is 35.5. The minimum atomic E-state index is -0.782. The molecule has 0 amide bonds. The smallest absolute Gasteiger partial charge is 0.303 e. The summed E-state index contributed by atoms with van der Waals surface area (Å²) in [4.78, 5) is 34.4. The van der Waals surface area contributed by atoms with E-state index in [-0.39, 0.29) is 36.2 Å². The molecule has 0 aromatic heterocycles. The average Bonchev–Trinajstić information content (AvgIpc) is 2.82. The van der Waals surface area contributed by atoms with Gasteiger partial charge in [0.25, 0.3) is 0 Å². The second-order valence-corrected chi connectivity index (χ2v) is 7.12. The quantitative estimate of drug-likeness (QED) is 0.293. The fraction of sp³-hybridized carbons (Fsp3) is 0.737. The van der Waals surface area contributed by atoms with Gasteiger partial charge in [0.2, 0.25) is 0 Å². The van der Waals surface area contributed by atoms with Crippen LogP contribution in [0, 0.1) is 11.8 Å². The Labute approximate surface area is 154 Å². The number of unbranched alkanes of at least 4 members (excludes halogenated alkanes) is 4. The summed E-state index contributed by atoms with van der Waals surface area (Å²) in [5, 5.41) is 18.7. The van der Waals surface area contributed by atoms with E-state index in [0.717, 1.165) is 32.1 Å². The first kappa shape index (κ1) is 21.8. The van der Waals surface area contributed by atoms with Crippen LogP contribution >= 0.6 is 11.6 Å². The first-order valence-electron chi connectivity index (χ1n) is 9.15. The second kappa shape index (κ2) is 12.2. The lowest BCUT2D eigenvalue weighted by atomic mass is 9.88. The molecule has 0 heterocycles. The summed E-state index contributed by atoms with van der Waals surface area (Å²) in [6.07, 6.45) is 8.67. The molecule has 2 N–H and O–H groups in total. The molecular formula is C19H29ClO5. The third kappa shape index (κ3) is 8.63. The molecule has 5 nitrogen and oxygen atoms in total. The van der Waals surface area contributed by atoms with Crippen molar-refractivity contribution < 1.29 is 24.6 Å². The molecule has 142 valence electrons. The van der Waals surface area contributed by atoms with Gasteiger partial charge in [-0.25, -0.2) is 0 Å². The third-order valence-corrected chi connectivity index (χ3v) is 4.97. The molecule has 6 heteroatoms. The summed E-state index contributed by atoms with van der Waals surface area (Å²) in [6.45, 7) is 0. The average molecular weight is 373 g/mol. The first-order chi connectivity index (χ1) is 12.0. The molecule has 0 radical (unpaired) electrons. The molecular weight excluding hydrogens is 344 g/mol. The molecule has 25 heavy (non-hydrogen) atoms. The number of Topliss-reactive ketones (excluding diaryl/α,β-unsaturated/α-hetero) is 1. The summed E-state index contributed by atoms with van der Waals surface area (Å²) in [7, 11) is 0. The van der Waals surface area contributed by atoms with Crippen LogP contribution in [0.2, 0.25) is 0 Å². The van der Waals surface area contributed by atoms with Crippen molar-refractivity contribution in [3.8, 4) is 0 Å². The molecule has 1 saturated carbocycles. The number of hydrogen-bond donors (Lipinski definition) is 2. The van der Waals surface area contributed by atoms with E-state index in [4.69, 9.17) is 16.7 Å². The zero-order chi connectivity index (χ0) is 18.7. The van der Waals surface area contributed by atoms with Crippen molar-refractivity contribution in [2.75, 3.05) is 5.88 Å². The molecule has 1 rings (SSSR count). The number of halogens is 1. The van der Waals surface area contributed by atoms with Gasteiger partial charge in [0.05, 0.1) is 6.10 Å². The predicted octanol–water partition coefficient (Wildman–Crippen LogP) is 3.51. The summed E-state index contributed by atoms with van der Waals surface area (Å²) in [6, 6.07) is 0. The number of carboxylic acid groups (broad SMARTS) is 1. The maximum absolute atomic E-state index is 12.1. The fourth-order valence-corrected chi connectivity index (χ4v) is 3.47. The Morgan fingerprint density at radius 3 is 2.44 bits per heavy atom. The summed E-state index contributed by atoms with van der Waals surface area (Å²) in [5.74, 6) is -0.701. The van der Waals surface area contributed by atoms with Gasteiger partial charge >= 0.3 is 5.97 Å². The van der Waals surface area contributed by atoms with Gasteiger partial charge in [-0.2, -0.15) is 0 Å². The maximum atomic E-state index is 12.1. The predicted molar refractivity (Wildman–Crippen MR) is 96.7 cm³/mol. The van der Waals surface area contributed by atoms with Crippen molar-refractivity contribution in [2.45, 2.75) is 70.3 Å². The van der Waals surface area contributed by atoms with Crippen LogP contribution in [0.3, 0.4) is 0 Å². The summed E-state index contributed by atoms with van der Waals surface area (Å²) in [5.41, 5.74) is 0. The number of aliphatic carboxylic acids is 1.